The first kappa shape index (κ1) is 15.5. The Morgan fingerprint density at radius 3 is 1.63 bits per heavy atom. The maximum Gasteiger partial charge on any atom is 0.237 e. The van der Waals surface area contributed by atoms with E-state index in [1.165, 1.54) is 0 Å². The van der Waals surface area contributed by atoms with Crippen LogP contribution in [0.5, 0.6) is 23.3 Å². The third-order valence-electron chi connectivity index (χ3n) is 4.22. The van der Waals surface area contributed by atoms with Gasteiger partial charge in [0.2, 0.25) is 11.8 Å². The van der Waals surface area contributed by atoms with Crippen LogP contribution in [0, 0.1) is 0 Å². The zero-order valence-corrected chi connectivity index (χ0v) is 14.8. The molecule has 0 fully saturated rings. The van der Waals surface area contributed by atoms with Gasteiger partial charge in [-0.25, -0.2) is 9.97 Å². The van der Waals surface area contributed by atoms with Crippen LogP contribution < -0.4 is 9.47 Å². The Labute approximate surface area is 154 Å². The zero-order chi connectivity index (χ0) is 18.4. The monoisotopic (exact) mass is 360 g/mol. The molecule has 27 heavy (non-hydrogen) atoms. The van der Waals surface area contributed by atoms with E-state index in [1.54, 1.807) is 12.7 Å². The Morgan fingerprint density at radius 1 is 0.741 bits per heavy atom. The third kappa shape index (κ3) is 2.89. The molecule has 3 aromatic heterocycles. The molecule has 5 rings (SSSR count). The fraction of sp³-hybridized carbons (Fsp3) is 0.100. The van der Waals surface area contributed by atoms with Gasteiger partial charge in [0, 0.05) is 24.9 Å². The van der Waals surface area contributed by atoms with Crippen molar-refractivity contribution in [3.05, 3.63) is 61.4 Å². The number of hydrogen-bond acceptors (Lipinski definition) is 5. The summed E-state index contributed by atoms with van der Waals surface area (Å²) in [6.45, 7) is 0. The summed E-state index contributed by atoms with van der Waals surface area (Å²) in [5.74, 6) is 2.48. The minimum absolute atomic E-state index is 0.545. The number of hydrogen-bond donors (Lipinski definition) is 0. The largest absolute Gasteiger partial charge is 0.456 e. The molecule has 7 heteroatoms. The lowest BCUT2D eigenvalue weighted by molar-refractivity contribution is 0.465. The Morgan fingerprint density at radius 2 is 1.22 bits per heavy atom. The highest BCUT2D eigenvalue weighted by molar-refractivity contribution is 6.05. The van der Waals surface area contributed by atoms with Gasteiger partial charge in [0.05, 0.1) is 25.0 Å². The van der Waals surface area contributed by atoms with Gasteiger partial charge in [0.15, 0.2) is 0 Å². The van der Waals surface area contributed by atoms with Crippen LogP contribution >= 0.6 is 0 Å². The lowest BCUT2D eigenvalue weighted by Crippen LogP contribution is -1.85. The molecule has 0 aliphatic rings. The Hall–Kier alpha value is -3.74. The number of furan rings is 1. The van der Waals surface area contributed by atoms with E-state index < -0.39 is 0 Å². The second-order valence-corrected chi connectivity index (χ2v) is 6.38. The van der Waals surface area contributed by atoms with Crippen LogP contribution in [-0.4, -0.2) is 19.1 Å². The van der Waals surface area contributed by atoms with Gasteiger partial charge < -0.3 is 23.0 Å². The molecule has 3 heterocycles. The zero-order valence-electron chi connectivity index (χ0n) is 14.8. The predicted molar refractivity (Wildman–Crippen MR) is 100 cm³/mol. The molecule has 2 aromatic carbocycles. The van der Waals surface area contributed by atoms with Crippen molar-refractivity contribution >= 4 is 21.9 Å². The lowest BCUT2D eigenvalue weighted by atomic mass is 10.1. The normalized spacial score (nSPS) is 11.3. The second-order valence-electron chi connectivity index (χ2n) is 6.38. The molecule has 134 valence electrons. The van der Waals surface area contributed by atoms with Crippen LogP contribution in [0.25, 0.3) is 21.9 Å². The van der Waals surface area contributed by atoms with Gasteiger partial charge in [-0.15, -0.1) is 0 Å². The molecule has 0 saturated heterocycles. The fourth-order valence-electron chi connectivity index (χ4n) is 2.99. The summed E-state index contributed by atoms with van der Waals surface area (Å²) in [5.41, 5.74) is 1.57. The molecule has 0 radical (unpaired) electrons. The van der Waals surface area contributed by atoms with Gasteiger partial charge in [-0.1, -0.05) is 0 Å². The average molecular weight is 360 g/mol. The molecular formula is C20H16N4O3. The van der Waals surface area contributed by atoms with Crippen molar-refractivity contribution in [1.82, 2.24) is 19.1 Å². The summed E-state index contributed by atoms with van der Waals surface area (Å²) >= 11 is 0. The first-order chi connectivity index (χ1) is 13.1. The van der Waals surface area contributed by atoms with E-state index in [0.29, 0.717) is 23.3 Å². The average Bonchev–Trinajstić information content (AvgIpc) is 3.34. The van der Waals surface area contributed by atoms with Gasteiger partial charge >= 0.3 is 0 Å². The summed E-state index contributed by atoms with van der Waals surface area (Å²) in [5, 5.41) is 1.90. The Kier molecular flexibility index (Phi) is 3.39. The smallest absolute Gasteiger partial charge is 0.237 e. The molecule has 0 spiro atoms. The molecule has 0 N–H and O–H groups in total. The van der Waals surface area contributed by atoms with E-state index in [9.17, 15) is 0 Å². The van der Waals surface area contributed by atoms with E-state index >= 15 is 0 Å². The van der Waals surface area contributed by atoms with Crippen molar-refractivity contribution in [3.8, 4) is 23.3 Å². The van der Waals surface area contributed by atoms with Crippen molar-refractivity contribution in [1.29, 1.82) is 0 Å². The number of ether oxygens (including phenoxy) is 2. The van der Waals surface area contributed by atoms with Crippen LogP contribution in [0.2, 0.25) is 0 Å². The van der Waals surface area contributed by atoms with Gasteiger partial charge in [-0.05, 0) is 36.4 Å². The van der Waals surface area contributed by atoms with E-state index in [-0.39, 0.29) is 0 Å². The summed E-state index contributed by atoms with van der Waals surface area (Å²) in [6, 6.07) is 11.4. The number of nitrogens with zero attached hydrogens (tertiary/aromatic N) is 4. The van der Waals surface area contributed by atoms with Gasteiger partial charge in [0.25, 0.3) is 0 Å². The van der Waals surface area contributed by atoms with Crippen LogP contribution in [-0.2, 0) is 14.1 Å². The topological polar surface area (TPSA) is 67.2 Å². The van der Waals surface area contributed by atoms with Crippen molar-refractivity contribution in [3.63, 3.8) is 0 Å². The number of aryl methyl sites for hydroxylation is 2. The first-order valence-corrected chi connectivity index (χ1v) is 8.42. The van der Waals surface area contributed by atoms with Crippen LogP contribution in [0.1, 0.15) is 0 Å². The highest BCUT2D eigenvalue weighted by Crippen LogP contribution is 2.35. The molecule has 5 aromatic rings. The number of aromatic nitrogens is 4. The summed E-state index contributed by atoms with van der Waals surface area (Å²) in [7, 11) is 3.80. The number of fused-ring (bicyclic) bond motifs is 3. The van der Waals surface area contributed by atoms with Crippen molar-refractivity contribution in [2.45, 2.75) is 0 Å². The minimum atomic E-state index is 0.545. The van der Waals surface area contributed by atoms with Gasteiger partial charge in [-0.2, -0.15) is 0 Å². The van der Waals surface area contributed by atoms with Crippen LogP contribution in [0.4, 0.5) is 0 Å². The summed E-state index contributed by atoms with van der Waals surface area (Å²) in [4.78, 5) is 8.38. The lowest BCUT2D eigenvalue weighted by Gasteiger charge is -2.02. The maximum atomic E-state index is 5.92. The minimum Gasteiger partial charge on any atom is -0.456 e. The van der Waals surface area contributed by atoms with Gasteiger partial charge in [-0.3, -0.25) is 0 Å². The highest BCUT2D eigenvalue weighted by Gasteiger charge is 2.11. The summed E-state index contributed by atoms with van der Waals surface area (Å²) < 4.78 is 21.3. The van der Waals surface area contributed by atoms with E-state index in [1.807, 2.05) is 72.0 Å². The number of imidazole rings is 2. The molecule has 0 aliphatic carbocycles. The van der Waals surface area contributed by atoms with Crippen LogP contribution in [0.15, 0.2) is 65.9 Å². The molecule has 0 unspecified atom stereocenters. The van der Waals surface area contributed by atoms with Gasteiger partial charge in [0.1, 0.15) is 22.7 Å². The number of rotatable bonds is 4. The summed E-state index contributed by atoms with van der Waals surface area (Å²) in [6.07, 6.45) is 7.03. The Bertz CT molecular complexity index is 1170. The maximum absolute atomic E-state index is 5.92. The molecular weight excluding hydrogens is 344 g/mol. The molecule has 0 aliphatic heterocycles. The SMILES string of the molecule is Cn1cnc(Oc2ccc3oc4ccc(Oc5cn(C)cn5)cc4c3c2)c1. The van der Waals surface area contributed by atoms with E-state index in [0.717, 1.165) is 21.9 Å². The first-order valence-electron chi connectivity index (χ1n) is 8.42. The second kappa shape index (κ2) is 5.91. The number of benzene rings is 2. The third-order valence-corrected chi connectivity index (χ3v) is 4.22. The molecule has 0 saturated carbocycles. The Balaban J connectivity index is 1.53. The molecule has 0 amide bonds. The van der Waals surface area contributed by atoms with E-state index in [4.69, 9.17) is 13.9 Å². The molecule has 0 bridgehead atoms. The fourth-order valence-corrected chi connectivity index (χ4v) is 2.99. The molecule has 0 atom stereocenters. The standard InChI is InChI=1S/C20H16N4O3/c1-23-9-19(21-11-23)25-13-3-5-17-15(7-13)16-8-14(4-6-18(16)27-17)26-20-10-24(2)12-22-20/h3-12H,1-2H3. The van der Waals surface area contributed by atoms with Crippen molar-refractivity contribution in [2.24, 2.45) is 14.1 Å². The predicted octanol–water partition coefficient (Wildman–Crippen LogP) is 4.64. The van der Waals surface area contributed by atoms with Crippen molar-refractivity contribution < 1.29 is 13.9 Å². The van der Waals surface area contributed by atoms with E-state index in [2.05, 4.69) is 9.97 Å². The highest BCUT2D eigenvalue weighted by atomic mass is 16.5. The van der Waals surface area contributed by atoms with Crippen molar-refractivity contribution in [2.75, 3.05) is 0 Å². The quantitative estimate of drug-likeness (QED) is 0.467. The molecule has 7 nitrogen and oxygen atoms in total. The van der Waals surface area contributed by atoms with Crippen LogP contribution in [0.3, 0.4) is 0 Å².